The molecule has 0 aliphatic rings. The Morgan fingerprint density at radius 2 is 2.39 bits per heavy atom. The first kappa shape index (κ1) is 13.5. The van der Waals surface area contributed by atoms with Gasteiger partial charge in [-0.05, 0) is 46.7 Å². The lowest BCUT2D eigenvalue weighted by atomic mass is 10.1. The number of carbonyl (C=O) groups excluding carboxylic acids is 1. The number of rotatable bonds is 4. The van der Waals surface area contributed by atoms with Gasteiger partial charge >= 0.3 is 0 Å². The maximum absolute atomic E-state index is 11.9. The fourth-order valence-corrected chi connectivity index (χ4v) is 2.97. The zero-order chi connectivity index (χ0) is 13.0. The summed E-state index contributed by atoms with van der Waals surface area (Å²) in [4.78, 5) is 16.2. The molecule has 0 radical (unpaired) electrons. The van der Waals surface area contributed by atoms with Crippen LogP contribution < -0.4 is 5.32 Å². The Morgan fingerprint density at radius 3 is 3.06 bits per heavy atom. The summed E-state index contributed by atoms with van der Waals surface area (Å²) in [6.07, 6.45) is 2.68. The third-order valence-electron chi connectivity index (χ3n) is 2.61. The van der Waals surface area contributed by atoms with Gasteiger partial charge in [0, 0.05) is 11.6 Å². The normalized spacial score (nSPS) is 10.3. The highest BCUT2D eigenvalue weighted by Crippen LogP contribution is 2.16. The molecule has 0 aromatic carbocycles. The van der Waals surface area contributed by atoms with Crippen molar-refractivity contribution < 1.29 is 4.79 Å². The van der Waals surface area contributed by atoms with Gasteiger partial charge in [0.05, 0.1) is 20.7 Å². The Kier molecular flexibility index (Phi) is 4.71. The van der Waals surface area contributed by atoms with Crippen LogP contribution in [0.4, 0.5) is 0 Å². The molecule has 0 aliphatic heterocycles. The van der Waals surface area contributed by atoms with Crippen LogP contribution in [0.5, 0.6) is 0 Å². The molecule has 0 bridgehead atoms. The van der Waals surface area contributed by atoms with E-state index in [0.717, 1.165) is 20.6 Å². The van der Waals surface area contributed by atoms with Gasteiger partial charge in [-0.25, -0.2) is 0 Å². The highest BCUT2D eigenvalue weighted by Gasteiger charge is 2.08. The van der Waals surface area contributed by atoms with E-state index in [-0.39, 0.29) is 5.91 Å². The number of aryl methyl sites for hydroxylation is 1. The number of nitrogens with zero attached hydrogens (tertiary/aromatic N) is 1. The average Bonchev–Trinajstić information content (AvgIpc) is 2.83. The summed E-state index contributed by atoms with van der Waals surface area (Å²) < 4.78 is 1.12. The molecule has 0 fully saturated rings. The van der Waals surface area contributed by atoms with E-state index in [9.17, 15) is 4.79 Å². The maximum atomic E-state index is 11.9. The predicted octanol–water partition coefficient (Wildman–Crippen LogP) is 3.24. The molecule has 94 valence electrons. The Morgan fingerprint density at radius 1 is 1.56 bits per heavy atom. The van der Waals surface area contributed by atoms with Gasteiger partial charge in [0.15, 0.2) is 0 Å². The molecule has 1 amide bonds. The third-order valence-corrected chi connectivity index (χ3v) is 4.40. The summed E-state index contributed by atoms with van der Waals surface area (Å²) in [5, 5.41) is 4.78. The molecule has 2 heterocycles. The SMILES string of the molecule is CCc1cccnc1CNC(=O)c1csc(I)c1. The number of amides is 1. The van der Waals surface area contributed by atoms with Crippen LogP contribution in [-0.4, -0.2) is 10.9 Å². The Balaban J connectivity index is 2.01. The molecule has 0 aliphatic carbocycles. The van der Waals surface area contributed by atoms with Crippen molar-refractivity contribution in [1.29, 1.82) is 0 Å². The second kappa shape index (κ2) is 6.29. The van der Waals surface area contributed by atoms with Gasteiger partial charge in [-0.15, -0.1) is 11.3 Å². The van der Waals surface area contributed by atoms with Crippen LogP contribution in [0.15, 0.2) is 29.8 Å². The van der Waals surface area contributed by atoms with Crippen LogP contribution in [0, 0.1) is 2.88 Å². The van der Waals surface area contributed by atoms with Crippen molar-refractivity contribution in [3.8, 4) is 0 Å². The second-order valence-corrected chi connectivity index (χ2v) is 6.59. The summed E-state index contributed by atoms with van der Waals surface area (Å²) in [5.74, 6) is -0.0399. The minimum absolute atomic E-state index is 0.0399. The second-order valence-electron chi connectivity index (χ2n) is 3.78. The summed E-state index contributed by atoms with van der Waals surface area (Å²) in [6.45, 7) is 2.57. The molecule has 0 atom stereocenters. The molecule has 5 heteroatoms. The molecule has 2 aromatic rings. The first-order chi connectivity index (χ1) is 8.70. The highest BCUT2D eigenvalue weighted by atomic mass is 127. The van der Waals surface area contributed by atoms with Crippen LogP contribution in [0.25, 0.3) is 0 Å². The van der Waals surface area contributed by atoms with E-state index in [4.69, 9.17) is 0 Å². The highest BCUT2D eigenvalue weighted by molar-refractivity contribution is 14.1. The van der Waals surface area contributed by atoms with Gasteiger partial charge < -0.3 is 5.32 Å². The molecule has 0 saturated heterocycles. The van der Waals surface area contributed by atoms with Crippen LogP contribution in [-0.2, 0) is 13.0 Å². The van der Waals surface area contributed by atoms with E-state index < -0.39 is 0 Å². The number of nitrogens with one attached hydrogen (secondary N) is 1. The van der Waals surface area contributed by atoms with Crippen molar-refractivity contribution in [2.75, 3.05) is 0 Å². The van der Waals surface area contributed by atoms with E-state index in [2.05, 4.69) is 39.8 Å². The van der Waals surface area contributed by atoms with Crippen molar-refractivity contribution in [2.24, 2.45) is 0 Å². The van der Waals surface area contributed by atoms with Gasteiger partial charge in [0.1, 0.15) is 0 Å². The van der Waals surface area contributed by atoms with Crippen molar-refractivity contribution in [2.45, 2.75) is 19.9 Å². The van der Waals surface area contributed by atoms with Crippen molar-refractivity contribution in [3.05, 3.63) is 49.5 Å². The molecule has 0 saturated carbocycles. The molecule has 2 aromatic heterocycles. The van der Waals surface area contributed by atoms with Gasteiger partial charge in [0.2, 0.25) is 0 Å². The zero-order valence-corrected chi connectivity index (χ0v) is 12.9. The number of halogens is 1. The molecule has 18 heavy (non-hydrogen) atoms. The topological polar surface area (TPSA) is 42.0 Å². The maximum Gasteiger partial charge on any atom is 0.252 e. The lowest BCUT2D eigenvalue weighted by molar-refractivity contribution is 0.0951. The van der Waals surface area contributed by atoms with Crippen LogP contribution in [0.2, 0.25) is 0 Å². The number of hydrogen-bond acceptors (Lipinski definition) is 3. The fraction of sp³-hybridized carbons (Fsp3) is 0.231. The van der Waals surface area contributed by atoms with Crippen LogP contribution in [0.1, 0.15) is 28.5 Å². The summed E-state index contributed by atoms with van der Waals surface area (Å²) >= 11 is 3.78. The molecule has 0 spiro atoms. The van der Waals surface area contributed by atoms with Gasteiger partial charge in [-0.3, -0.25) is 9.78 Å². The van der Waals surface area contributed by atoms with Crippen LogP contribution in [0.3, 0.4) is 0 Å². The van der Waals surface area contributed by atoms with E-state index in [0.29, 0.717) is 6.54 Å². The largest absolute Gasteiger partial charge is 0.346 e. The molecular formula is C13H13IN2OS. The fourth-order valence-electron chi connectivity index (χ4n) is 1.65. The standard InChI is InChI=1S/C13H13IN2OS/c1-2-9-4-3-5-15-11(9)7-16-13(17)10-6-12(14)18-8-10/h3-6,8H,2,7H2,1H3,(H,16,17). The van der Waals surface area contributed by atoms with E-state index in [1.54, 1.807) is 17.5 Å². The van der Waals surface area contributed by atoms with Crippen LogP contribution >= 0.6 is 33.9 Å². The van der Waals surface area contributed by atoms with E-state index in [1.807, 2.05) is 23.6 Å². The molecule has 3 nitrogen and oxygen atoms in total. The van der Waals surface area contributed by atoms with Gasteiger partial charge in [0.25, 0.3) is 5.91 Å². The summed E-state index contributed by atoms with van der Waals surface area (Å²) in [6, 6.07) is 5.85. The van der Waals surface area contributed by atoms with Crippen molar-refractivity contribution in [1.82, 2.24) is 10.3 Å². The number of thiophene rings is 1. The first-order valence-electron chi connectivity index (χ1n) is 5.65. The number of hydrogen-bond donors (Lipinski definition) is 1. The molecular weight excluding hydrogens is 359 g/mol. The lowest BCUT2D eigenvalue weighted by Gasteiger charge is -2.07. The molecule has 1 N–H and O–H groups in total. The first-order valence-corrected chi connectivity index (χ1v) is 7.61. The zero-order valence-electron chi connectivity index (χ0n) is 9.94. The van der Waals surface area contributed by atoms with Gasteiger partial charge in [-0.2, -0.15) is 0 Å². The summed E-state index contributed by atoms with van der Waals surface area (Å²) in [5.41, 5.74) is 2.84. The smallest absolute Gasteiger partial charge is 0.252 e. The lowest BCUT2D eigenvalue weighted by Crippen LogP contribution is -2.23. The van der Waals surface area contributed by atoms with Crippen molar-refractivity contribution in [3.63, 3.8) is 0 Å². The Labute approximate surface area is 124 Å². The molecule has 2 rings (SSSR count). The van der Waals surface area contributed by atoms with E-state index >= 15 is 0 Å². The minimum Gasteiger partial charge on any atom is -0.346 e. The Hall–Kier alpha value is -0.950. The van der Waals surface area contributed by atoms with Crippen molar-refractivity contribution >= 4 is 39.8 Å². The monoisotopic (exact) mass is 372 g/mol. The minimum atomic E-state index is -0.0399. The average molecular weight is 372 g/mol. The van der Waals surface area contributed by atoms with Gasteiger partial charge in [-0.1, -0.05) is 13.0 Å². The number of aromatic nitrogens is 1. The summed E-state index contributed by atoms with van der Waals surface area (Å²) in [7, 11) is 0. The molecule has 0 unspecified atom stereocenters. The number of carbonyl (C=O) groups is 1. The predicted molar refractivity (Wildman–Crippen MR) is 81.8 cm³/mol. The van der Waals surface area contributed by atoms with E-state index in [1.165, 1.54) is 5.56 Å². The quantitative estimate of drug-likeness (QED) is 0.838. The Bertz CT molecular complexity index is 553. The third kappa shape index (κ3) is 3.29. The number of pyridine rings is 1.